The summed E-state index contributed by atoms with van der Waals surface area (Å²) in [5, 5.41) is 6.46. The fourth-order valence-electron chi connectivity index (χ4n) is 1.28. The van der Waals surface area contributed by atoms with Gasteiger partial charge >= 0.3 is 0 Å². The number of nitrogens with one attached hydrogen (secondary N) is 2. The molecule has 0 aromatic heterocycles. The number of nitrogens with zero attached hydrogens (tertiary/aromatic N) is 1. The van der Waals surface area contributed by atoms with E-state index in [0.717, 1.165) is 19.6 Å². The minimum absolute atomic E-state index is 0.528. The highest BCUT2D eigenvalue weighted by Gasteiger charge is 2.10. The molecule has 0 radical (unpaired) electrons. The van der Waals surface area contributed by atoms with Gasteiger partial charge in [-0.25, -0.2) is 0 Å². The average Bonchev–Trinajstić information content (AvgIpc) is 2.07. The molecule has 0 aromatic rings. The molecule has 0 spiro atoms. The van der Waals surface area contributed by atoms with Gasteiger partial charge in [-0.2, -0.15) is 0 Å². The second-order valence-electron chi connectivity index (χ2n) is 3.01. The van der Waals surface area contributed by atoms with Crippen LogP contribution in [0, 0.1) is 5.92 Å². The Bertz CT molecular complexity index is 142. The van der Waals surface area contributed by atoms with Gasteiger partial charge in [0.25, 0.3) is 0 Å². The Balaban J connectivity index is 2.37. The largest absolute Gasteiger partial charge is 0.374 e. The summed E-state index contributed by atoms with van der Waals surface area (Å²) in [5.41, 5.74) is 0. The number of aliphatic imine (C=N–C) groups is 1. The summed E-state index contributed by atoms with van der Waals surface area (Å²) in [6.07, 6.45) is 1.18. The first-order valence-corrected chi connectivity index (χ1v) is 4.27. The highest BCUT2D eigenvalue weighted by atomic mass is 15.0. The molecule has 0 bridgehead atoms. The Morgan fingerprint density at radius 3 is 3.09 bits per heavy atom. The van der Waals surface area contributed by atoms with Crippen LogP contribution in [0.1, 0.15) is 13.3 Å². The molecule has 3 heteroatoms. The van der Waals surface area contributed by atoms with Crippen LogP contribution >= 0.6 is 0 Å². The van der Waals surface area contributed by atoms with Gasteiger partial charge < -0.3 is 10.6 Å². The highest BCUT2D eigenvalue weighted by Crippen LogP contribution is 1.99. The third kappa shape index (κ3) is 2.50. The molecule has 1 aliphatic heterocycles. The summed E-state index contributed by atoms with van der Waals surface area (Å²) in [7, 11) is 1.97. The molecular weight excluding hydrogens is 138 g/mol. The average molecular weight is 155 g/mol. The number of hydrogen-bond donors (Lipinski definition) is 2. The molecule has 0 aliphatic carbocycles. The fourth-order valence-corrected chi connectivity index (χ4v) is 1.28. The molecule has 1 unspecified atom stereocenters. The van der Waals surface area contributed by atoms with Gasteiger partial charge in [-0.1, -0.05) is 6.92 Å². The summed E-state index contributed by atoms with van der Waals surface area (Å²) in [6.45, 7) is 5.28. The van der Waals surface area contributed by atoms with Gasteiger partial charge in [-0.3, -0.25) is 4.99 Å². The third-order valence-corrected chi connectivity index (χ3v) is 1.90. The minimum Gasteiger partial charge on any atom is -0.374 e. The van der Waals surface area contributed by atoms with Crippen molar-refractivity contribution in [3.05, 3.63) is 0 Å². The van der Waals surface area contributed by atoms with Crippen LogP contribution in [0.4, 0.5) is 0 Å². The van der Waals surface area contributed by atoms with E-state index in [1.165, 1.54) is 12.3 Å². The summed E-state index contributed by atoms with van der Waals surface area (Å²) < 4.78 is 0. The molecule has 64 valence electrons. The summed E-state index contributed by atoms with van der Waals surface area (Å²) in [5.74, 6) is 1.70. The zero-order chi connectivity index (χ0) is 8.10. The van der Waals surface area contributed by atoms with Gasteiger partial charge in [0, 0.05) is 25.6 Å². The first kappa shape index (κ1) is 8.53. The van der Waals surface area contributed by atoms with Crippen LogP contribution in [0.3, 0.4) is 0 Å². The number of amidine groups is 1. The number of hydrogen-bond acceptors (Lipinski definition) is 3. The lowest BCUT2D eigenvalue weighted by Crippen LogP contribution is -2.37. The van der Waals surface area contributed by atoms with Gasteiger partial charge in [0.05, 0.1) is 0 Å². The molecule has 2 N–H and O–H groups in total. The van der Waals surface area contributed by atoms with E-state index in [2.05, 4.69) is 22.5 Å². The van der Waals surface area contributed by atoms with E-state index in [4.69, 9.17) is 0 Å². The lowest BCUT2D eigenvalue weighted by Gasteiger charge is -2.19. The van der Waals surface area contributed by atoms with Crippen LogP contribution in [0.15, 0.2) is 4.99 Å². The Kier molecular flexibility index (Phi) is 3.36. The molecular formula is C8H17N3. The van der Waals surface area contributed by atoms with Crippen LogP contribution in [0.25, 0.3) is 0 Å². The smallest absolute Gasteiger partial charge is 0.100 e. The number of rotatable bonds is 3. The lowest BCUT2D eigenvalue weighted by atomic mass is 10.1. The maximum Gasteiger partial charge on any atom is 0.100 e. The molecule has 1 atom stereocenters. The molecule has 0 amide bonds. The van der Waals surface area contributed by atoms with Crippen molar-refractivity contribution < 1.29 is 0 Å². The normalized spacial score (nSPS) is 20.4. The summed E-state index contributed by atoms with van der Waals surface area (Å²) >= 11 is 0. The molecule has 0 saturated carbocycles. The lowest BCUT2D eigenvalue weighted by molar-refractivity contribution is 0.626. The summed E-state index contributed by atoms with van der Waals surface area (Å²) in [6, 6.07) is 0. The highest BCUT2D eigenvalue weighted by molar-refractivity contribution is 5.84. The fraction of sp³-hybridized carbons (Fsp3) is 0.875. The Morgan fingerprint density at radius 2 is 2.55 bits per heavy atom. The monoisotopic (exact) mass is 155 g/mol. The zero-order valence-corrected chi connectivity index (χ0v) is 7.35. The van der Waals surface area contributed by atoms with E-state index in [-0.39, 0.29) is 0 Å². The predicted octanol–water partition coefficient (Wildman–Crippen LogP) is 0.234. The van der Waals surface area contributed by atoms with Crippen LogP contribution < -0.4 is 10.6 Å². The van der Waals surface area contributed by atoms with E-state index >= 15 is 0 Å². The molecule has 0 fully saturated rings. The van der Waals surface area contributed by atoms with Crippen molar-refractivity contribution in [3.63, 3.8) is 0 Å². The molecule has 11 heavy (non-hydrogen) atoms. The molecule has 1 aliphatic rings. The maximum atomic E-state index is 4.41. The Hall–Kier alpha value is -0.570. The second kappa shape index (κ2) is 4.34. The minimum atomic E-state index is 0.528. The second-order valence-corrected chi connectivity index (χ2v) is 3.01. The van der Waals surface area contributed by atoms with Gasteiger partial charge in [-0.05, 0) is 13.5 Å². The van der Waals surface area contributed by atoms with Gasteiger partial charge in [0.1, 0.15) is 5.84 Å². The van der Waals surface area contributed by atoms with Crippen LogP contribution in [-0.2, 0) is 0 Å². The Morgan fingerprint density at radius 1 is 1.73 bits per heavy atom. The van der Waals surface area contributed by atoms with Crippen molar-refractivity contribution in [2.24, 2.45) is 10.9 Å². The van der Waals surface area contributed by atoms with Crippen molar-refractivity contribution >= 4 is 5.84 Å². The third-order valence-electron chi connectivity index (χ3n) is 1.90. The van der Waals surface area contributed by atoms with Gasteiger partial charge in [-0.15, -0.1) is 0 Å². The van der Waals surface area contributed by atoms with Crippen LogP contribution in [0.5, 0.6) is 0 Å². The van der Waals surface area contributed by atoms with Crippen molar-refractivity contribution in [2.75, 3.05) is 26.7 Å². The van der Waals surface area contributed by atoms with Crippen LogP contribution in [-0.4, -0.2) is 32.5 Å². The topological polar surface area (TPSA) is 36.4 Å². The standard InChI is InChI=1S/C8H17N3/c1-7(6-9-2)8-10-4-3-5-11-8/h7,9H,3-6H2,1-2H3,(H,10,11). The van der Waals surface area contributed by atoms with Gasteiger partial charge in [0.2, 0.25) is 0 Å². The van der Waals surface area contributed by atoms with Crippen molar-refractivity contribution in [1.29, 1.82) is 0 Å². The van der Waals surface area contributed by atoms with E-state index in [9.17, 15) is 0 Å². The van der Waals surface area contributed by atoms with E-state index < -0.39 is 0 Å². The van der Waals surface area contributed by atoms with Gasteiger partial charge in [0.15, 0.2) is 0 Å². The van der Waals surface area contributed by atoms with E-state index in [1.807, 2.05) is 7.05 Å². The molecule has 0 aromatic carbocycles. The molecule has 1 rings (SSSR count). The van der Waals surface area contributed by atoms with Crippen molar-refractivity contribution in [3.8, 4) is 0 Å². The maximum absolute atomic E-state index is 4.41. The molecule has 1 heterocycles. The van der Waals surface area contributed by atoms with Crippen molar-refractivity contribution in [1.82, 2.24) is 10.6 Å². The Labute approximate surface area is 68.3 Å². The first-order chi connectivity index (χ1) is 5.34. The van der Waals surface area contributed by atoms with Crippen molar-refractivity contribution in [2.45, 2.75) is 13.3 Å². The summed E-state index contributed by atoms with van der Waals surface area (Å²) in [4.78, 5) is 4.41. The van der Waals surface area contributed by atoms with Crippen LogP contribution in [0.2, 0.25) is 0 Å². The zero-order valence-electron chi connectivity index (χ0n) is 7.35. The molecule has 0 saturated heterocycles. The molecule has 3 nitrogen and oxygen atoms in total. The van der Waals surface area contributed by atoms with E-state index in [0.29, 0.717) is 5.92 Å². The van der Waals surface area contributed by atoms with E-state index in [1.54, 1.807) is 0 Å². The SMILES string of the molecule is CNCC(C)C1=NCCCN1. The first-order valence-electron chi connectivity index (χ1n) is 4.27. The predicted molar refractivity (Wildman–Crippen MR) is 48.0 cm³/mol. The quantitative estimate of drug-likeness (QED) is 0.612.